The number of nitrogen functional groups attached to an aromatic ring is 4. The van der Waals surface area contributed by atoms with Crippen LogP contribution in [0.25, 0.3) is 33.4 Å². The SMILES string of the molecule is Nc1ccc(-c2ccc(N)cc2-c2cc(N)ccc2-c2ccc(N)cc2)cc1. The van der Waals surface area contributed by atoms with Gasteiger partial charge in [0.2, 0.25) is 0 Å². The number of hydrogen-bond acceptors (Lipinski definition) is 4. The predicted octanol–water partition coefficient (Wildman–Crippen LogP) is 5.02. The van der Waals surface area contributed by atoms with Crippen LogP contribution in [0.3, 0.4) is 0 Å². The molecule has 0 amide bonds. The quantitative estimate of drug-likeness (QED) is 0.382. The summed E-state index contributed by atoms with van der Waals surface area (Å²) in [5.41, 5.74) is 33.2. The zero-order valence-corrected chi connectivity index (χ0v) is 15.4. The highest BCUT2D eigenvalue weighted by molar-refractivity contribution is 5.94. The average Bonchev–Trinajstić information content (AvgIpc) is 2.69. The first-order valence-electron chi connectivity index (χ1n) is 9.02. The van der Waals surface area contributed by atoms with Crippen LogP contribution in [0, 0.1) is 0 Å². The molecule has 4 heteroatoms. The summed E-state index contributed by atoms with van der Waals surface area (Å²) in [5, 5.41) is 0. The molecular weight excluding hydrogens is 344 g/mol. The summed E-state index contributed by atoms with van der Waals surface area (Å²) in [5.74, 6) is 0. The van der Waals surface area contributed by atoms with Gasteiger partial charge in [-0.1, -0.05) is 36.4 Å². The van der Waals surface area contributed by atoms with E-state index < -0.39 is 0 Å². The third-order valence-corrected chi connectivity index (χ3v) is 4.82. The van der Waals surface area contributed by atoms with E-state index in [1.54, 1.807) is 0 Å². The Morgan fingerprint density at radius 2 is 0.643 bits per heavy atom. The maximum Gasteiger partial charge on any atom is 0.0320 e. The van der Waals surface area contributed by atoms with Crippen molar-refractivity contribution in [1.29, 1.82) is 0 Å². The first-order chi connectivity index (χ1) is 13.5. The Labute approximate surface area is 164 Å². The van der Waals surface area contributed by atoms with E-state index in [1.165, 1.54) is 0 Å². The summed E-state index contributed by atoms with van der Waals surface area (Å²) < 4.78 is 0. The van der Waals surface area contributed by atoms with Gasteiger partial charge in [0.1, 0.15) is 0 Å². The van der Waals surface area contributed by atoms with E-state index in [0.29, 0.717) is 11.4 Å². The molecule has 4 aromatic rings. The van der Waals surface area contributed by atoms with Crippen molar-refractivity contribution in [1.82, 2.24) is 0 Å². The van der Waals surface area contributed by atoms with Crippen LogP contribution in [0.4, 0.5) is 22.7 Å². The van der Waals surface area contributed by atoms with Crippen LogP contribution in [-0.2, 0) is 0 Å². The molecule has 0 saturated carbocycles. The largest absolute Gasteiger partial charge is 0.399 e. The van der Waals surface area contributed by atoms with E-state index >= 15 is 0 Å². The van der Waals surface area contributed by atoms with Gasteiger partial charge in [0.25, 0.3) is 0 Å². The second-order valence-electron chi connectivity index (χ2n) is 6.85. The van der Waals surface area contributed by atoms with E-state index in [0.717, 1.165) is 44.8 Å². The van der Waals surface area contributed by atoms with Crippen molar-refractivity contribution in [2.45, 2.75) is 0 Å². The third kappa shape index (κ3) is 3.35. The number of nitrogens with two attached hydrogens (primary N) is 4. The highest BCUT2D eigenvalue weighted by Gasteiger charge is 2.14. The number of benzene rings is 4. The molecule has 0 unspecified atom stereocenters. The minimum atomic E-state index is 0.694. The van der Waals surface area contributed by atoms with Gasteiger partial charge in [-0.05, 0) is 81.9 Å². The highest BCUT2D eigenvalue weighted by Crippen LogP contribution is 2.40. The van der Waals surface area contributed by atoms with Crippen molar-refractivity contribution in [3.63, 3.8) is 0 Å². The molecular formula is C24H22N4. The van der Waals surface area contributed by atoms with E-state index in [-0.39, 0.29) is 0 Å². The fourth-order valence-corrected chi connectivity index (χ4v) is 3.40. The normalized spacial score (nSPS) is 10.7. The van der Waals surface area contributed by atoms with Gasteiger partial charge in [0.15, 0.2) is 0 Å². The van der Waals surface area contributed by atoms with Gasteiger partial charge in [0, 0.05) is 22.7 Å². The van der Waals surface area contributed by atoms with E-state index in [1.807, 2.05) is 84.9 Å². The lowest BCUT2D eigenvalue weighted by atomic mass is 9.88. The summed E-state index contributed by atoms with van der Waals surface area (Å²) in [4.78, 5) is 0. The lowest BCUT2D eigenvalue weighted by Gasteiger charge is -2.16. The summed E-state index contributed by atoms with van der Waals surface area (Å²) in [6.07, 6.45) is 0. The van der Waals surface area contributed by atoms with Crippen molar-refractivity contribution >= 4 is 22.7 Å². The van der Waals surface area contributed by atoms with Crippen LogP contribution >= 0.6 is 0 Å². The molecule has 0 radical (unpaired) electrons. The summed E-state index contributed by atoms with van der Waals surface area (Å²) in [6, 6.07) is 27.5. The van der Waals surface area contributed by atoms with Crippen molar-refractivity contribution < 1.29 is 0 Å². The minimum absolute atomic E-state index is 0.694. The molecule has 138 valence electrons. The maximum absolute atomic E-state index is 6.15. The highest BCUT2D eigenvalue weighted by atomic mass is 14.6. The third-order valence-electron chi connectivity index (χ3n) is 4.82. The monoisotopic (exact) mass is 366 g/mol. The van der Waals surface area contributed by atoms with Gasteiger partial charge in [-0.2, -0.15) is 0 Å². The Morgan fingerprint density at radius 1 is 0.321 bits per heavy atom. The van der Waals surface area contributed by atoms with E-state index in [9.17, 15) is 0 Å². The molecule has 0 atom stereocenters. The molecule has 0 aromatic heterocycles. The molecule has 0 aliphatic rings. The fraction of sp³-hybridized carbons (Fsp3) is 0. The van der Waals surface area contributed by atoms with Crippen LogP contribution in [0.2, 0.25) is 0 Å². The van der Waals surface area contributed by atoms with Crippen molar-refractivity contribution in [2.75, 3.05) is 22.9 Å². The first kappa shape index (κ1) is 17.5. The first-order valence-corrected chi connectivity index (χ1v) is 9.02. The molecule has 0 saturated heterocycles. The van der Waals surface area contributed by atoms with Crippen LogP contribution in [0.15, 0.2) is 84.9 Å². The van der Waals surface area contributed by atoms with Crippen LogP contribution in [-0.4, -0.2) is 0 Å². The molecule has 4 aromatic carbocycles. The van der Waals surface area contributed by atoms with Gasteiger partial charge in [0.05, 0.1) is 0 Å². The Hall–Kier alpha value is -3.92. The Balaban J connectivity index is 1.97. The predicted molar refractivity (Wildman–Crippen MR) is 120 cm³/mol. The Bertz CT molecular complexity index is 1040. The van der Waals surface area contributed by atoms with Crippen LogP contribution in [0.1, 0.15) is 0 Å². The molecule has 28 heavy (non-hydrogen) atoms. The summed E-state index contributed by atoms with van der Waals surface area (Å²) in [6.45, 7) is 0. The maximum atomic E-state index is 6.15. The lowest BCUT2D eigenvalue weighted by molar-refractivity contribution is 1.55. The van der Waals surface area contributed by atoms with Crippen LogP contribution < -0.4 is 22.9 Å². The van der Waals surface area contributed by atoms with Gasteiger partial charge < -0.3 is 22.9 Å². The standard InChI is InChI=1S/C24H22N4/c25-17-5-1-15(2-6-17)21-11-9-19(27)13-23(21)24-14-20(28)10-12-22(24)16-3-7-18(26)8-4-16/h1-14H,25-28H2. The molecule has 0 fully saturated rings. The van der Waals surface area contributed by atoms with Gasteiger partial charge >= 0.3 is 0 Å². The van der Waals surface area contributed by atoms with Crippen molar-refractivity contribution in [3.05, 3.63) is 84.9 Å². The van der Waals surface area contributed by atoms with E-state index in [4.69, 9.17) is 22.9 Å². The molecule has 4 nitrogen and oxygen atoms in total. The molecule has 0 bridgehead atoms. The van der Waals surface area contributed by atoms with Gasteiger partial charge in [-0.15, -0.1) is 0 Å². The van der Waals surface area contributed by atoms with Crippen molar-refractivity contribution in [3.8, 4) is 33.4 Å². The second kappa shape index (κ2) is 7.00. The summed E-state index contributed by atoms with van der Waals surface area (Å²) in [7, 11) is 0. The number of hydrogen-bond donors (Lipinski definition) is 4. The molecule has 0 spiro atoms. The smallest absolute Gasteiger partial charge is 0.0320 e. The molecule has 4 rings (SSSR count). The summed E-state index contributed by atoms with van der Waals surface area (Å²) >= 11 is 0. The van der Waals surface area contributed by atoms with Crippen LogP contribution in [0.5, 0.6) is 0 Å². The fourth-order valence-electron chi connectivity index (χ4n) is 3.40. The molecule has 0 aliphatic heterocycles. The number of rotatable bonds is 3. The average molecular weight is 366 g/mol. The topological polar surface area (TPSA) is 104 Å². The van der Waals surface area contributed by atoms with E-state index in [2.05, 4.69) is 0 Å². The molecule has 8 N–H and O–H groups in total. The number of anilines is 4. The van der Waals surface area contributed by atoms with Gasteiger partial charge in [-0.3, -0.25) is 0 Å². The van der Waals surface area contributed by atoms with Gasteiger partial charge in [-0.25, -0.2) is 0 Å². The second-order valence-corrected chi connectivity index (χ2v) is 6.85. The molecule has 0 heterocycles. The minimum Gasteiger partial charge on any atom is -0.399 e. The van der Waals surface area contributed by atoms with Crippen molar-refractivity contribution in [2.24, 2.45) is 0 Å². The Kier molecular flexibility index (Phi) is 4.38. The zero-order valence-electron chi connectivity index (χ0n) is 15.4. The Morgan fingerprint density at radius 3 is 1.00 bits per heavy atom. The lowest BCUT2D eigenvalue weighted by Crippen LogP contribution is -1.95. The molecule has 0 aliphatic carbocycles. The zero-order chi connectivity index (χ0) is 19.7.